The zero-order valence-electron chi connectivity index (χ0n) is 13.1. The summed E-state index contributed by atoms with van der Waals surface area (Å²) in [5.74, 6) is 1.84. The van der Waals surface area contributed by atoms with Crippen LogP contribution in [0, 0.1) is 0 Å². The molecule has 6 nitrogen and oxygen atoms in total. The van der Waals surface area contributed by atoms with Gasteiger partial charge in [0.2, 0.25) is 0 Å². The summed E-state index contributed by atoms with van der Waals surface area (Å²) < 4.78 is 11.7. The van der Waals surface area contributed by atoms with Gasteiger partial charge >= 0.3 is 0 Å². The molecule has 2 aromatic heterocycles. The molecule has 2 atom stereocenters. The van der Waals surface area contributed by atoms with Crippen LogP contribution in [0.1, 0.15) is 25.0 Å². The third kappa shape index (κ3) is 3.38. The van der Waals surface area contributed by atoms with Crippen LogP contribution in [-0.2, 0) is 11.3 Å². The maximum absolute atomic E-state index is 6.23. The highest BCUT2D eigenvalue weighted by Gasteiger charge is 2.43. The van der Waals surface area contributed by atoms with E-state index in [0.29, 0.717) is 6.04 Å². The van der Waals surface area contributed by atoms with Crippen molar-refractivity contribution >= 4 is 5.82 Å². The van der Waals surface area contributed by atoms with Crippen LogP contribution in [0.2, 0.25) is 0 Å². The molecule has 1 N–H and O–H groups in total. The molecule has 2 aliphatic rings. The van der Waals surface area contributed by atoms with Crippen molar-refractivity contribution in [2.75, 3.05) is 25.0 Å². The lowest BCUT2D eigenvalue weighted by molar-refractivity contribution is -0.0544. The molecule has 2 aliphatic heterocycles. The fourth-order valence-corrected chi connectivity index (χ4v) is 3.75. The summed E-state index contributed by atoms with van der Waals surface area (Å²) >= 11 is 0. The molecule has 0 saturated carbocycles. The summed E-state index contributed by atoms with van der Waals surface area (Å²) in [5, 5.41) is 3.44. The fourth-order valence-electron chi connectivity index (χ4n) is 3.75. The van der Waals surface area contributed by atoms with Crippen LogP contribution in [0.4, 0.5) is 5.82 Å². The van der Waals surface area contributed by atoms with Crippen molar-refractivity contribution < 1.29 is 9.15 Å². The minimum Gasteiger partial charge on any atom is -0.468 e. The lowest BCUT2D eigenvalue weighted by atomic mass is 9.88. The van der Waals surface area contributed by atoms with E-state index >= 15 is 0 Å². The molecule has 122 valence electrons. The summed E-state index contributed by atoms with van der Waals surface area (Å²) in [6, 6.07) is 4.28. The SMILES string of the molecule is c1coc(CN2CCCC3(CC(Nc4cnccn4)CO3)C2)c1. The van der Waals surface area contributed by atoms with Crippen molar-refractivity contribution in [3.05, 3.63) is 42.7 Å². The minimum atomic E-state index is -0.0370. The molecule has 2 aromatic rings. The van der Waals surface area contributed by atoms with Crippen LogP contribution in [0.3, 0.4) is 0 Å². The average Bonchev–Trinajstić information content (AvgIpc) is 3.19. The number of piperidine rings is 1. The van der Waals surface area contributed by atoms with Crippen LogP contribution in [0.5, 0.6) is 0 Å². The van der Waals surface area contributed by atoms with E-state index in [1.807, 2.05) is 12.1 Å². The van der Waals surface area contributed by atoms with Crippen LogP contribution < -0.4 is 5.32 Å². The summed E-state index contributed by atoms with van der Waals surface area (Å²) in [5.41, 5.74) is -0.0370. The Morgan fingerprint density at radius 1 is 1.39 bits per heavy atom. The number of rotatable bonds is 4. The van der Waals surface area contributed by atoms with E-state index in [4.69, 9.17) is 9.15 Å². The van der Waals surface area contributed by atoms with Crippen molar-refractivity contribution in [3.8, 4) is 0 Å². The van der Waals surface area contributed by atoms with E-state index in [1.165, 1.54) is 6.42 Å². The average molecular weight is 314 g/mol. The van der Waals surface area contributed by atoms with Gasteiger partial charge in [0, 0.05) is 25.4 Å². The van der Waals surface area contributed by atoms with E-state index in [2.05, 4.69) is 20.2 Å². The van der Waals surface area contributed by atoms with Gasteiger partial charge in [-0.2, -0.15) is 0 Å². The van der Waals surface area contributed by atoms with Crippen LogP contribution in [0.15, 0.2) is 41.4 Å². The topological polar surface area (TPSA) is 63.4 Å². The highest BCUT2D eigenvalue weighted by Crippen LogP contribution is 2.36. The second-order valence-corrected chi connectivity index (χ2v) is 6.52. The number of nitrogens with zero attached hydrogens (tertiary/aromatic N) is 3. The van der Waals surface area contributed by atoms with Gasteiger partial charge in [0.1, 0.15) is 11.6 Å². The highest BCUT2D eigenvalue weighted by molar-refractivity contribution is 5.32. The fraction of sp³-hybridized carbons (Fsp3) is 0.529. The smallest absolute Gasteiger partial charge is 0.144 e. The number of nitrogens with one attached hydrogen (secondary N) is 1. The van der Waals surface area contributed by atoms with Crippen LogP contribution in [-0.4, -0.2) is 46.2 Å². The van der Waals surface area contributed by atoms with Gasteiger partial charge in [-0.1, -0.05) is 0 Å². The van der Waals surface area contributed by atoms with Gasteiger partial charge in [0.15, 0.2) is 0 Å². The van der Waals surface area contributed by atoms with E-state index in [-0.39, 0.29) is 5.60 Å². The Morgan fingerprint density at radius 2 is 2.39 bits per heavy atom. The number of hydrogen-bond acceptors (Lipinski definition) is 6. The maximum atomic E-state index is 6.23. The normalized spacial score (nSPS) is 28.3. The van der Waals surface area contributed by atoms with Crippen LogP contribution >= 0.6 is 0 Å². The molecule has 6 heteroatoms. The molecular formula is C17H22N4O2. The molecule has 4 rings (SSSR count). The molecular weight excluding hydrogens is 292 g/mol. The molecule has 0 aromatic carbocycles. The van der Waals surface area contributed by atoms with Gasteiger partial charge in [-0.25, -0.2) is 4.98 Å². The van der Waals surface area contributed by atoms with Gasteiger partial charge in [0.25, 0.3) is 0 Å². The van der Waals surface area contributed by atoms with Gasteiger partial charge in [-0.15, -0.1) is 0 Å². The first-order chi connectivity index (χ1) is 11.3. The second-order valence-electron chi connectivity index (χ2n) is 6.52. The van der Waals surface area contributed by atoms with Crippen molar-refractivity contribution in [2.45, 2.75) is 37.5 Å². The van der Waals surface area contributed by atoms with Crippen molar-refractivity contribution in [1.29, 1.82) is 0 Å². The Kier molecular flexibility index (Phi) is 4.01. The lowest BCUT2D eigenvalue weighted by Crippen LogP contribution is -2.47. The van der Waals surface area contributed by atoms with Crippen molar-refractivity contribution in [2.24, 2.45) is 0 Å². The zero-order chi connectivity index (χ0) is 15.5. The second kappa shape index (κ2) is 6.29. The Balaban J connectivity index is 1.37. The molecule has 2 fully saturated rings. The summed E-state index contributed by atoms with van der Waals surface area (Å²) in [7, 11) is 0. The largest absolute Gasteiger partial charge is 0.468 e. The predicted molar refractivity (Wildman–Crippen MR) is 86.0 cm³/mol. The molecule has 23 heavy (non-hydrogen) atoms. The molecule has 4 heterocycles. The first-order valence-corrected chi connectivity index (χ1v) is 8.23. The number of furan rings is 1. The third-order valence-electron chi connectivity index (χ3n) is 4.70. The molecule has 0 radical (unpaired) electrons. The lowest BCUT2D eigenvalue weighted by Gasteiger charge is -2.39. The predicted octanol–water partition coefficient (Wildman–Crippen LogP) is 2.31. The number of aromatic nitrogens is 2. The van der Waals surface area contributed by atoms with Gasteiger partial charge in [-0.3, -0.25) is 9.88 Å². The number of anilines is 1. The van der Waals surface area contributed by atoms with Gasteiger partial charge in [-0.05, 0) is 31.5 Å². The number of hydrogen-bond donors (Lipinski definition) is 1. The molecule has 1 spiro atoms. The molecule has 0 bridgehead atoms. The first kappa shape index (κ1) is 14.7. The van der Waals surface area contributed by atoms with E-state index < -0.39 is 0 Å². The monoisotopic (exact) mass is 314 g/mol. The Morgan fingerprint density at radius 3 is 3.22 bits per heavy atom. The minimum absolute atomic E-state index is 0.0370. The molecule has 0 aliphatic carbocycles. The Labute approximate surface area is 135 Å². The van der Waals surface area contributed by atoms with Gasteiger partial charge in [0.05, 0.1) is 37.3 Å². The summed E-state index contributed by atoms with van der Waals surface area (Å²) in [6.07, 6.45) is 10.2. The zero-order valence-corrected chi connectivity index (χ0v) is 13.1. The van der Waals surface area contributed by atoms with Crippen molar-refractivity contribution in [1.82, 2.24) is 14.9 Å². The van der Waals surface area contributed by atoms with E-state index in [9.17, 15) is 0 Å². The third-order valence-corrected chi connectivity index (χ3v) is 4.70. The van der Waals surface area contributed by atoms with Crippen molar-refractivity contribution in [3.63, 3.8) is 0 Å². The number of ether oxygens (including phenoxy) is 1. The van der Waals surface area contributed by atoms with Crippen LogP contribution in [0.25, 0.3) is 0 Å². The summed E-state index contributed by atoms with van der Waals surface area (Å²) in [6.45, 7) is 3.66. The Hall–Kier alpha value is -1.92. The van der Waals surface area contributed by atoms with E-state index in [1.54, 1.807) is 24.9 Å². The molecule has 0 amide bonds. The molecule has 2 saturated heterocycles. The standard InChI is InChI=1S/C17H22N4O2/c1-3-15(22-8-1)11-21-7-2-4-17(13-21)9-14(12-23-17)20-16-10-18-5-6-19-16/h1,3,5-6,8,10,14H,2,4,7,9,11-13H2,(H,19,20). The number of likely N-dealkylation sites (tertiary alicyclic amines) is 1. The highest BCUT2D eigenvalue weighted by atomic mass is 16.5. The molecule has 2 unspecified atom stereocenters. The van der Waals surface area contributed by atoms with E-state index in [0.717, 1.165) is 50.7 Å². The first-order valence-electron chi connectivity index (χ1n) is 8.23. The Bertz CT molecular complexity index is 619. The quantitative estimate of drug-likeness (QED) is 0.934. The van der Waals surface area contributed by atoms with Gasteiger partial charge < -0.3 is 14.5 Å². The summed E-state index contributed by atoms with van der Waals surface area (Å²) in [4.78, 5) is 10.8. The maximum Gasteiger partial charge on any atom is 0.144 e.